The van der Waals surface area contributed by atoms with Gasteiger partial charge in [-0.25, -0.2) is 0 Å². The van der Waals surface area contributed by atoms with E-state index in [0.29, 0.717) is 54.5 Å². The van der Waals surface area contributed by atoms with E-state index < -0.39 is 11.2 Å². The number of rotatable bonds is 8. The maximum atomic E-state index is 12.2. The lowest BCUT2D eigenvalue weighted by Gasteiger charge is -2.58. The van der Waals surface area contributed by atoms with E-state index in [1.807, 2.05) is 0 Å². The van der Waals surface area contributed by atoms with Gasteiger partial charge in [-0.05, 0) is 84.9 Å². The van der Waals surface area contributed by atoms with Crippen molar-refractivity contribution in [3.05, 3.63) is 31.5 Å². The van der Waals surface area contributed by atoms with Crippen molar-refractivity contribution in [1.29, 1.82) is 0 Å². The van der Waals surface area contributed by atoms with Crippen LogP contribution >= 0.6 is 0 Å². The highest BCUT2D eigenvalue weighted by Gasteiger charge is 2.61. The first-order valence-electron chi connectivity index (χ1n) is 13.7. The Bertz CT molecular complexity index is 841. The Hall–Kier alpha value is -1.66. The Morgan fingerprint density at radius 3 is 2.35 bits per heavy atom. The quantitative estimate of drug-likeness (QED) is 0.272. The van der Waals surface area contributed by atoms with E-state index in [1.54, 1.807) is 0 Å². The summed E-state index contributed by atoms with van der Waals surface area (Å²) < 4.78 is 0. The number of nitro groups is 1. The van der Waals surface area contributed by atoms with Crippen LogP contribution in [0.25, 0.3) is 0 Å². The predicted molar refractivity (Wildman–Crippen MR) is 131 cm³/mol. The third-order valence-corrected chi connectivity index (χ3v) is 10.8. The highest BCUT2D eigenvalue weighted by atomic mass is 17.0. The predicted octanol–water partition coefficient (Wildman–Crippen LogP) is 7.21. The molecule has 0 aromatic carbocycles. The molecule has 34 heavy (non-hydrogen) atoms. The second-order valence-electron chi connectivity index (χ2n) is 12.9. The van der Waals surface area contributed by atoms with Crippen LogP contribution in [-0.2, 0) is 4.84 Å². The van der Waals surface area contributed by atoms with Crippen molar-refractivity contribution in [3.8, 4) is 0 Å². The van der Waals surface area contributed by atoms with Gasteiger partial charge in [0.2, 0.25) is 5.70 Å². The molecule has 0 heterocycles. The molecular formula is C27H44N2O5. The van der Waals surface area contributed by atoms with Crippen molar-refractivity contribution in [3.63, 3.8) is 0 Å². The zero-order valence-corrected chi connectivity index (χ0v) is 21.8. The Kier molecular flexibility index (Phi) is 7.05. The van der Waals surface area contributed by atoms with Gasteiger partial charge >= 0.3 is 0 Å². The first-order valence-corrected chi connectivity index (χ1v) is 13.7. The number of hydrogen-bond donors (Lipinski definition) is 0. The highest BCUT2D eigenvalue weighted by molar-refractivity contribution is 5.28. The summed E-state index contributed by atoms with van der Waals surface area (Å²) in [5, 5.41) is 22.4. The van der Waals surface area contributed by atoms with Gasteiger partial charge in [-0.1, -0.05) is 53.9 Å². The van der Waals surface area contributed by atoms with Crippen molar-refractivity contribution in [2.24, 2.45) is 46.3 Å². The molecule has 4 aliphatic carbocycles. The van der Waals surface area contributed by atoms with Crippen LogP contribution in [0.2, 0.25) is 0 Å². The molecule has 0 spiro atoms. The van der Waals surface area contributed by atoms with Crippen molar-refractivity contribution in [1.82, 2.24) is 0 Å². The summed E-state index contributed by atoms with van der Waals surface area (Å²) in [7, 11) is 0. The third kappa shape index (κ3) is 4.37. The van der Waals surface area contributed by atoms with Gasteiger partial charge in [0.25, 0.3) is 5.09 Å². The molecule has 3 saturated carbocycles. The van der Waals surface area contributed by atoms with Crippen LogP contribution in [-0.4, -0.2) is 16.1 Å². The maximum absolute atomic E-state index is 12.2. The molecule has 8 atom stereocenters. The number of fused-ring (bicyclic) bond motifs is 5. The molecule has 0 aromatic heterocycles. The van der Waals surface area contributed by atoms with Crippen LogP contribution in [0.15, 0.2) is 11.3 Å². The molecule has 0 aliphatic heterocycles. The fourth-order valence-electron chi connectivity index (χ4n) is 9.16. The molecule has 0 amide bonds. The molecule has 0 radical (unpaired) electrons. The molecule has 7 heteroatoms. The molecule has 0 saturated heterocycles. The van der Waals surface area contributed by atoms with Crippen LogP contribution in [0.1, 0.15) is 105 Å². The van der Waals surface area contributed by atoms with Crippen molar-refractivity contribution >= 4 is 0 Å². The Morgan fingerprint density at radius 2 is 1.71 bits per heavy atom. The molecule has 0 N–H and O–H groups in total. The summed E-state index contributed by atoms with van der Waals surface area (Å²) in [6.07, 6.45) is 10.3. The minimum Gasteiger partial charge on any atom is -0.310 e. The maximum Gasteiger partial charge on any atom is 0.294 e. The van der Waals surface area contributed by atoms with E-state index in [0.717, 1.165) is 24.3 Å². The van der Waals surface area contributed by atoms with Crippen LogP contribution in [0.5, 0.6) is 0 Å². The third-order valence-electron chi connectivity index (χ3n) is 10.8. The summed E-state index contributed by atoms with van der Waals surface area (Å²) in [6, 6.07) is 0. The number of allylic oxidation sites excluding steroid dienone is 1. The summed E-state index contributed by atoms with van der Waals surface area (Å²) in [4.78, 5) is 27.9. The largest absolute Gasteiger partial charge is 0.310 e. The molecule has 3 fully saturated rings. The van der Waals surface area contributed by atoms with Gasteiger partial charge in [0, 0.05) is 18.4 Å². The molecule has 4 aliphatic rings. The lowest BCUT2D eigenvalue weighted by atomic mass is 9.46. The highest BCUT2D eigenvalue weighted by Crippen LogP contribution is 2.68. The van der Waals surface area contributed by atoms with Crippen molar-refractivity contribution < 1.29 is 14.8 Å². The SMILES string of the molecule is CC(C)CCC[C@H](C)[C@H]1CC[C@H]2[C@@H]3CC([N+](=O)[O-])=C4C[C@@H](O[N+](=O)[O-])CC[C@]4(C)[C@H]3CC[C@]12C. The molecule has 0 bridgehead atoms. The van der Waals surface area contributed by atoms with Gasteiger partial charge < -0.3 is 4.84 Å². The van der Waals surface area contributed by atoms with Crippen molar-refractivity contribution in [2.45, 2.75) is 111 Å². The number of nitrogens with zero attached hydrogens (tertiary/aromatic N) is 2. The summed E-state index contributed by atoms with van der Waals surface area (Å²) in [6.45, 7) is 11.8. The van der Waals surface area contributed by atoms with Gasteiger partial charge in [0.1, 0.15) is 6.10 Å². The molecule has 0 unspecified atom stereocenters. The Balaban J connectivity index is 1.58. The summed E-state index contributed by atoms with van der Waals surface area (Å²) in [5.74, 6) is 3.52. The minimum absolute atomic E-state index is 0.175. The van der Waals surface area contributed by atoms with E-state index in [9.17, 15) is 20.2 Å². The fourth-order valence-corrected chi connectivity index (χ4v) is 9.16. The Morgan fingerprint density at radius 1 is 0.971 bits per heavy atom. The van der Waals surface area contributed by atoms with Crippen molar-refractivity contribution in [2.75, 3.05) is 0 Å². The summed E-state index contributed by atoms with van der Waals surface area (Å²) in [5.41, 5.74) is 1.24. The molecule has 192 valence electrons. The first-order chi connectivity index (χ1) is 16.0. The lowest BCUT2D eigenvalue weighted by molar-refractivity contribution is -0.769. The zero-order valence-electron chi connectivity index (χ0n) is 21.8. The standard InChI is InChI=1S/C27H44N2O5/c1-17(2)7-6-8-18(3)21-9-10-22-20-16-25(28(30)31)24-15-19(34-29(32)33)11-13-27(24,5)23(20)12-14-26(21,22)4/h17-23H,6-16H2,1-5H3/t18-,19-,20-,21+,22-,23-,26+,27+/m0/s1. The second-order valence-corrected chi connectivity index (χ2v) is 12.9. The molecule has 7 nitrogen and oxygen atoms in total. The average Bonchev–Trinajstić information content (AvgIpc) is 3.10. The van der Waals surface area contributed by atoms with E-state index >= 15 is 0 Å². The molecule has 4 rings (SSSR count). The molecule has 0 aromatic rings. The van der Waals surface area contributed by atoms with E-state index in [-0.39, 0.29) is 15.8 Å². The van der Waals surface area contributed by atoms with Crippen LogP contribution in [0, 0.1) is 66.6 Å². The van der Waals surface area contributed by atoms with Gasteiger partial charge in [-0.15, -0.1) is 10.1 Å². The topological polar surface area (TPSA) is 95.5 Å². The van der Waals surface area contributed by atoms with E-state index in [4.69, 9.17) is 4.84 Å². The van der Waals surface area contributed by atoms with Gasteiger partial charge in [-0.2, -0.15) is 0 Å². The zero-order chi connectivity index (χ0) is 24.8. The lowest BCUT2D eigenvalue weighted by Crippen LogP contribution is -2.52. The van der Waals surface area contributed by atoms with Crippen LogP contribution < -0.4 is 0 Å². The minimum atomic E-state index is -0.738. The van der Waals surface area contributed by atoms with E-state index in [1.165, 1.54) is 38.5 Å². The second kappa shape index (κ2) is 9.42. The molecular weight excluding hydrogens is 432 g/mol. The first kappa shape index (κ1) is 25.4. The van der Waals surface area contributed by atoms with Crippen LogP contribution in [0.4, 0.5) is 0 Å². The Labute approximate surface area is 204 Å². The van der Waals surface area contributed by atoms with Gasteiger partial charge in [0.15, 0.2) is 0 Å². The average molecular weight is 477 g/mol. The smallest absolute Gasteiger partial charge is 0.294 e. The fraction of sp³-hybridized carbons (Fsp3) is 0.926. The summed E-state index contributed by atoms with van der Waals surface area (Å²) >= 11 is 0. The van der Waals surface area contributed by atoms with Crippen LogP contribution in [0.3, 0.4) is 0 Å². The number of hydrogen-bond acceptors (Lipinski definition) is 5. The van der Waals surface area contributed by atoms with E-state index in [2.05, 4.69) is 34.6 Å². The van der Waals surface area contributed by atoms with Gasteiger partial charge in [0.05, 0.1) is 4.92 Å². The monoisotopic (exact) mass is 476 g/mol. The van der Waals surface area contributed by atoms with Gasteiger partial charge in [-0.3, -0.25) is 10.1 Å². The normalized spacial score (nSPS) is 40.4.